The molecule has 0 aromatic rings. The summed E-state index contributed by atoms with van der Waals surface area (Å²) < 4.78 is 22.8. The second-order valence-corrected chi connectivity index (χ2v) is 8.76. The summed E-state index contributed by atoms with van der Waals surface area (Å²) >= 11 is 0. The van der Waals surface area contributed by atoms with Crippen molar-refractivity contribution in [2.45, 2.75) is 39.2 Å². The summed E-state index contributed by atoms with van der Waals surface area (Å²) in [5, 5.41) is 3.58. The highest BCUT2D eigenvalue weighted by molar-refractivity contribution is 7.91. The Morgan fingerprint density at radius 3 is 2.50 bits per heavy atom. The summed E-state index contributed by atoms with van der Waals surface area (Å²) in [4.78, 5) is 2.49. The minimum atomic E-state index is -2.73. The van der Waals surface area contributed by atoms with Crippen LogP contribution in [0.2, 0.25) is 0 Å². The molecule has 0 aromatic carbocycles. The van der Waals surface area contributed by atoms with Crippen molar-refractivity contribution in [2.75, 3.05) is 37.7 Å². The third-order valence-electron chi connectivity index (χ3n) is 4.37. The molecule has 116 valence electrons. The predicted molar refractivity (Wildman–Crippen MR) is 83.7 cm³/mol. The van der Waals surface area contributed by atoms with Gasteiger partial charge in [0.05, 0.1) is 11.5 Å². The quantitative estimate of drug-likeness (QED) is 0.781. The Labute approximate surface area is 123 Å². The average molecular weight is 300 g/mol. The molecule has 2 rings (SSSR count). The van der Waals surface area contributed by atoms with Gasteiger partial charge < -0.3 is 5.32 Å². The second kappa shape index (κ2) is 7.05. The molecule has 20 heavy (non-hydrogen) atoms. The van der Waals surface area contributed by atoms with E-state index in [-0.39, 0.29) is 0 Å². The number of nitrogens with zero attached hydrogens (tertiary/aromatic N) is 1. The molecule has 0 amide bonds. The molecular weight excluding hydrogens is 272 g/mol. The summed E-state index contributed by atoms with van der Waals surface area (Å²) in [6.07, 6.45) is 5.48. The minimum Gasteiger partial charge on any atom is -0.314 e. The van der Waals surface area contributed by atoms with Crippen LogP contribution in [-0.4, -0.2) is 57.0 Å². The number of allylic oxidation sites excluding steroid dienone is 1. The summed E-state index contributed by atoms with van der Waals surface area (Å²) in [6, 6.07) is 0.571. The Morgan fingerprint density at radius 2 is 1.95 bits per heavy atom. The van der Waals surface area contributed by atoms with E-state index >= 15 is 0 Å². The van der Waals surface area contributed by atoms with Gasteiger partial charge in [0.2, 0.25) is 0 Å². The monoisotopic (exact) mass is 300 g/mol. The molecule has 0 aliphatic carbocycles. The van der Waals surface area contributed by atoms with Gasteiger partial charge in [-0.3, -0.25) is 4.90 Å². The zero-order chi connectivity index (χ0) is 14.6. The SMILES string of the molecule is CC(C)=CCN1CCC(NCC2CCS(=O)(=O)C2)CC1. The first kappa shape index (κ1) is 16.0. The summed E-state index contributed by atoms with van der Waals surface area (Å²) in [7, 11) is -2.73. The first-order valence-corrected chi connectivity index (χ1v) is 9.56. The van der Waals surface area contributed by atoms with Crippen molar-refractivity contribution in [3.63, 3.8) is 0 Å². The molecule has 2 heterocycles. The van der Waals surface area contributed by atoms with Crippen molar-refractivity contribution in [3.05, 3.63) is 11.6 Å². The maximum absolute atomic E-state index is 11.4. The fourth-order valence-electron chi connectivity index (χ4n) is 3.00. The Balaban J connectivity index is 1.64. The highest BCUT2D eigenvalue weighted by Crippen LogP contribution is 2.18. The lowest BCUT2D eigenvalue weighted by molar-refractivity contribution is 0.212. The molecule has 1 atom stereocenters. The van der Waals surface area contributed by atoms with E-state index in [9.17, 15) is 8.42 Å². The van der Waals surface area contributed by atoms with Crippen molar-refractivity contribution in [1.29, 1.82) is 0 Å². The number of likely N-dealkylation sites (tertiary alicyclic amines) is 1. The first-order chi connectivity index (χ1) is 9.44. The minimum absolute atomic E-state index is 0.337. The highest BCUT2D eigenvalue weighted by atomic mass is 32.2. The molecule has 2 aliphatic rings. The van der Waals surface area contributed by atoms with Crippen LogP contribution < -0.4 is 5.32 Å². The van der Waals surface area contributed by atoms with Crippen molar-refractivity contribution in [1.82, 2.24) is 10.2 Å². The molecule has 4 nitrogen and oxygen atoms in total. The van der Waals surface area contributed by atoms with Gasteiger partial charge in [0, 0.05) is 12.6 Å². The zero-order valence-corrected chi connectivity index (χ0v) is 13.6. The molecule has 1 N–H and O–H groups in total. The second-order valence-electron chi connectivity index (χ2n) is 6.53. The Morgan fingerprint density at radius 1 is 1.25 bits per heavy atom. The fourth-order valence-corrected chi connectivity index (χ4v) is 4.86. The molecule has 1 unspecified atom stereocenters. The number of nitrogens with one attached hydrogen (secondary N) is 1. The van der Waals surface area contributed by atoms with Crippen LogP contribution in [0.5, 0.6) is 0 Å². The van der Waals surface area contributed by atoms with Gasteiger partial charge >= 0.3 is 0 Å². The van der Waals surface area contributed by atoms with E-state index in [4.69, 9.17) is 0 Å². The van der Waals surface area contributed by atoms with Gasteiger partial charge in [-0.1, -0.05) is 11.6 Å². The van der Waals surface area contributed by atoms with Crippen LogP contribution in [-0.2, 0) is 9.84 Å². The molecular formula is C15H28N2O2S. The smallest absolute Gasteiger partial charge is 0.150 e. The van der Waals surface area contributed by atoms with Gasteiger partial charge in [0.25, 0.3) is 0 Å². The lowest BCUT2D eigenvalue weighted by Gasteiger charge is -2.32. The molecule has 0 bridgehead atoms. The van der Waals surface area contributed by atoms with Gasteiger partial charge in [-0.25, -0.2) is 8.42 Å². The molecule has 0 spiro atoms. The van der Waals surface area contributed by atoms with Gasteiger partial charge in [-0.05, 0) is 58.7 Å². The van der Waals surface area contributed by atoms with Crippen LogP contribution in [0.3, 0.4) is 0 Å². The van der Waals surface area contributed by atoms with Crippen LogP contribution in [0, 0.1) is 5.92 Å². The van der Waals surface area contributed by atoms with Crippen LogP contribution in [0.1, 0.15) is 33.1 Å². The van der Waals surface area contributed by atoms with E-state index < -0.39 is 9.84 Å². The number of hydrogen-bond acceptors (Lipinski definition) is 4. The van der Waals surface area contributed by atoms with Gasteiger partial charge in [-0.15, -0.1) is 0 Å². The van der Waals surface area contributed by atoms with E-state index in [1.165, 1.54) is 18.4 Å². The lowest BCUT2D eigenvalue weighted by atomic mass is 10.0. The standard InChI is InChI=1S/C15H28N2O2S/c1-13(2)3-7-17-8-4-15(5-9-17)16-11-14-6-10-20(18,19)12-14/h3,14-16H,4-12H2,1-2H3. The predicted octanol–water partition coefficient (Wildman–Crippen LogP) is 1.44. The molecule has 2 aliphatic heterocycles. The normalized spacial score (nSPS) is 27.6. The van der Waals surface area contributed by atoms with E-state index in [0.29, 0.717) is 23.5 Å². The summed E-state index contributed by atoms with van der Waals surface area (Å²) in [5.74, 6) is 1.11. The molecule has 0 aromatic heterocycles. The van der Waals surface area contributed by atoms with Gasteiger partial charge in [-0.2, -0.15) is 0 Å². The number of piperidine rings is 1. The topological polar surface area (TPSA) is 49.4 Å². The van der Waals surface area contributed by atoms with Crippen LogP contribution in [0.25, 0.3) is 0 Å². The van der Waals surface area contributed by atoms with Crippen molar-refractivity contribution < 1.29 is 8.42 Å². The molecule has 5 heteroatoms. The Hall–Kier alpha value is -0.390. The Kier molecular flexibility index (Phi) is 5.64. The summed E-state index contributed by atoms with van der Waals surface area (Å²) in [6.45, 7) is 8.51. The van der Waals surface area contributed by atoms with E-state index in [0.717, 1.165) is 32.6 Å². The lowest BCUT2D eigenvalue weighted by Crippen LogP contribution is -2.44. The molecule has 2 fully saturated rings. The average Bonchev–Trinajstić information content (AvgIpc) is 2.75. The largest absolute Gasteiger partial charge is 0.314 e. The van der Waals surface area contributed by atoms with Crippen LogP contribution in [0.4, 0.5) is 0 Å². The van der Waals surface area contributed by atoms with E-state index in [2.05, 4.69) is 30.1 Å². The van der Waals surface area contributed by atoms with Crippen molar-refractivity contribution in [2.24, 2.45) is 5.92 Å². The number of rotatable bonds is 5. The maximum Gasteiger partial charge on any atom is 0.150 e. The maximum atomic E-state index is 11.4. The summed E-state index contributed by atoms with van der Waals surface area (Å²) in [5.41, 5.74) is 1.38. The van der Waals surface area contributed by atoms with E-state index in [1.54, 1.807) is 0 Å². The van der Waals surface area contributed by atoms with E-state index in [1.807, 2.05) is 0 Å². The van der Waals surface area contributed by atoms with Crippen molar-refractivity contribution in [3.8, 4) is 0 Å². The van der Waals surface area contributed by atoms with Gasteiger partial charge in [0.1, 0.15) is 0 Å². The number of hydrogen-bond donors (Lipinski definition) is 1. The molecule has 0 saturated carbocycles. The third-order valence-corrected chi connectivity index (χ3v) is 6.20. The highest BCUT2D eigenvalue weighted by Gasteiger charge is 2.28. The van der Waals surface area contributed by atoms with Crippen molar-refractivity contribution >= 4 is 9.84 Å². The van der Waals surface area contributed by atoms with Crippen LogP contribution >= 0.6 is 0 Å². The van der Waals surface area contributed by atoms with Crippen LogP contribution in [0.15, 0.2) is 11.6 Å². The zero-order valence-electron chi connectivity index (χ0n) is 12.8. The number of sulfone groups is 1. The Bertz CT molecular complexity index is 433. The van der Waals surface area contributed by atoms with Gasteiger partial charge in [0.15, 0.2) is 9.84 Å². The molecule has 2 saturated heterocycles. The first-order valence-electron chi connectivity index (χ1n) is 7.74. The molecule has 0 radical (unpaired) electrons. The third kappa shape index (κ3) is 5.19. The fraction of sp³-hybridized carbons (Fsp3) is 0.867.